The molecular formula is C24H34N4O4. The SMILES string of the molecule is Cc1c(C(=O)NCC2CCCCO2)ccc2nn(CC3CN(C(=O)OC(C)(C)C)C3)cc12. The predicted molar refractivity (Wildman–Crippen MR) is 122 cm³/mol. The zero-order valence-electron chi connectivity index (χ0n) is 19.5. The minimum absolute atomic E-state index is 0.0710. The van der Waals surface area contributed by atoms with Crippen LogP contribution in [0.3, 0.4) is 0 Å². The predicted octanol–water partition coefficient (Wildman–Crippen LogP) is 3.51. The molecule has 1 atom stereocenters. The molecule has 0 radical (unpaired) electrons. The van der Waals surface area contributed by atoms with Crippen LogP contribution in [0.4, 0.5) is 4.79 Å². The molecule has 4 rings (SSSR count). The van der Waals surface area contributed by atoms with E-state index in [0.29, 0.717) is 31.1 Å². The molecule has 32 heavy (non-hydrogen) atoms. The Morgan fingerprint density at radius 1 is 1.25 bits per heavy atom. The molecule has 0 bridgehead atoms. The standard InChI is InChI=1S/C24H34N4O4/c1-16-19(22(29)25-11-18-7-5-6-10-31-18)8-9-21-20(16)15-28(26-21)14-17-12-27(13-17)23(30)32-24(2,3)4/h8-9,15,17-18H,5-7,10-14H2,1-4H3,(H,25,29). The number of carbonyl (C=O) groups is 2. The van der Waals surface area contributed by atoms with Crippen molar-refractivity contribution >= 4 is 22.9 Å². The van der Waals surface area contributed by atoms with Gasteiger partial charge in [-0.25, -0.2) is 4.79 Å². The summed E-state index contributed by atoms with van der Waals surface area (Å²) in [5.74, 6) is 0.272. The second kappa shape index (κ2) is 9.10. The van der Waals surface area contributed by atoms with Crippen molar-refractivity contribution in [1.29, 1.82) is 0 Å². The van der Waals surface area contributed by atoms with Crippen molar-refractivity contribution in [2.24, 2.45) is 5.92 Å². The number of hydrogen-bond acceptors (Lipinski definition) is 5. The van der Waals surface area contributed by atoms with E-state index in [4.69, 9.17) is 9.47 Å². The Labute approximate surface area is 189 Å². The van der Waals surface area contributed by atoms with Crippen molar-refractivity contribution in [2.45, 2.75) is 65.2 Å². The third-order valence-electron chi connectivity index (χ3n) is 6.07. The van der Waals surface area contributed by atoms with E-state index >= 15 is 0 Å². The summed E-state index contributed by atoms with van der Waals surface area (Å²) < 4.78 is 13.0. The average molecular weight is 443 g/mol. The van der Waals surface area contributed by atoms with E-state index in [2.05, 4.69) is 10.4 Å². The zero-order valence-corrected chi connectivity index (χ0v) is 19.5. The van der Waals surface area contributed by atoms with Gasteiger partial charge in [0.1, 0.15) is 5.60 Å². The van der Waals surface area contributed by atoms with Gasteiger partial charge in [-0.05, 0) is 64.7 Å². The van der Waals surface area contributed by atoms with Crippen LogP contribution in [0.1, 0.15) is 56.0 Å². The average Bonchev–Trinajstić information content (AvgIpc) is 3.12. The molecule has 2 fully saturated rings. The molecule has 1 unspecified atom stereocenters. The number of fused-ring (bicyclic) bond motifs is 1. The summed E-state index contributed by atoms with van der Waals surface area (Å²) in [5, 5.41) is 8.68. The van der Waals surface area contributed by atoms with Crippen LogP contribution in [0.25, 0.3) is 10.9 Å². The lowest BCUT2D eigenvalue weighted by atomic mass is 10.0. The Morgan fingerprint density at radius 2 is 2.03 bits per heavy atom. The van der Waals surface area contributed by atoms with E-state index in [9.17, 15) is 9.59 Å². The molecule has 1 N–H and O–H groups in total. The molecule has 174 valence electrons. The first kappa shape index (κ1) is 22.6. The number of hydrogen-bond donors (Lipinski definition) is 1. The molecule has 0 aliphatic carbocycles. The van der Waals surface area contributed by atoms with E-state index in [1.807, 2.05) is 50.7 Å². The van der Waals surface area contributed by atoms with Crippen LogP contribution < -0.4 is 5.32 Å². The minimum atomic E-state index is -0.479. The molecule has 0 saturated carbocycles. The van der Waals surface area contributed by atoms with E-state index in [1.54, 1.807) is 4.90 Å². The van der Waals surface area contributed by atoms with Crippen molar-refractivity contribution in [2.75, 3.05) is 26.2 Å². The number of nitrogens with one attached hydrogen (secondary N) is 1. The number of benzene rings is 1. The van der Waals surface area contributed by atoms with Gasteiger partial charge in [0.05, 0.1) is 11.6 Å². The number of aryl methyl sites for hydroxylation is 1. The maximum atomic E-state index is 12.7. The summed E-state index contributed by atoms with van der Waals surface area (Å²) in [6.07, 6.45) is 5.11. The molecule has 8 nitrogen and oxygen atoms in total. The number of carbonyl (C=O) groups excluding carboxylic acids is 2. The van der Waals surface area contributed by atoms with E-state index < -0.39 is 5.60 Å². The van der Waals surface area contributed by atoms with Gasteiger partial charge in [-0.2, -0.15) is 5.10 Å². The normalized spacial score (nSPS) is 19.6. The number of rotatable bonds is 5. The maximum Gasteiger partial charge on any atom is 0.410 e. The molecule has 3 heterocycles. The minimum Gasteiger partial charge on any atom is -0.444 e. The molecule has 1 aromatic carbocycles. The van der Waals surface area contributed by atoms with Crippen LogP contribution in [0.5, 0.6) is 0 Å². The Bertz CT molecular complexity index is 982. The lowest BCUT2D eigenvalue weighted by Crippen LogP contribution is -2.52. The van der Waals surface area contributed by atoms with Crippen molar-refractivity contribution < 1.29 is 19.1 Å². The fourth-order valence-electron chi connectivity index (χ4n) is 4.32. The zero-order chi connectivity index (χ0) is 22.9. The highest BCUT2D eigenvalue weighted by Gasteiger charge is 2.34. The van der Waals surface area contributed by atoms with Gasteiger partial charge < -0.3 is 19.7 Å². The van der Waals surface area contributed by atoms with Gasteiger partial charge >= 0.3 is 6.09 Å². The number of ether oxygens (including phenoxy) is 2. The van der Waals surface area contributed by atoms with Crippen molar-refractivity contribution in [1.82, 2.24) is 20.0 Å². The molecule has 0 spiro atoms. The lowest BCUT2D eigenvalue weighted by molar-refractivity contribution is -0.00381. The second-order valence-corrected chi connectivity index (χ2v) is 9.97. The largest absolute Gasteiger partial charge is 0.444 e. The van der Waals surface area contributed by atoms with E-state index in [0.717, 1.165) is 48.9 Å². The van der Waals surface area contributed by atoms with Gasteiger partial charge in [-0.1, -0.05) is 0 Å². The summed E-state index contributed by atoms with van der Waals surface area (Å²) in [6, 6.07) is 3.75. The maximum absolute atomic E-state index is 12.7. The van der Waals surface area contributed by atoms with Crippen molar-refractivity contribution in [3.8, 4) is 0 Å². The third-order valence-corrected chi connectivity index (χ3v) is 6.07. The number of amides is 2. The van der Waals surface area contributed by atoms with Crippen LogP contribution in [-0.2, 0) is 16.0 Å². The molecule has 8 heteroatoms. The van der Waals surface area contributed by atoms with Gasteiger partial charge in [-0.15, -0.1) is 0 Å². The number of aromatic nitrogens is 2. The Kier molecular flexibility index (Phi) is 6.42. The van der Waals surface area contributed by atoms with Crippen LogP contribution in [0.2, 0.25) is 0 Å². The van der Waals surface area contributed by atoms with Gasteiger partial charge in [0.15, 0.2) is 0 Å². The molecule has 2 aliphatic rings. The highest BCUT2D eigenvalue weighted by atomic mass is 16.6. The lowest BCUT2D eigenvalue weighted by Gasteiger charge is -2.39. The van der Waals surface area contributed by atoms with Gasteiger partial charge in [0.25, 0.3) is 5.91 Å². The molecular weight excluding hydrogens is 408 g/mol. The summed E-state index contributed by atoms with van der Waals surface area (Å²) >= 11 is 0. The Balaban J connectivity index is 1.35. The van der Waals surface area contributed by atoms with Crippen LogP contribution in [-0.4, -0.2) is 64.6 Å². The Morgan fingerprint density at radius 3 is 2.72 bits per heavy atom. The van der Waals surface area contributed by atoms with Gasteiger partial charge in [0, 0.05) is 55.9 Å². The number of likely N-dealkylation sites (tertiary alicyclic amines) is 1. The first-order valence-electron chi connectivity index (χ1n) is 11.5. The molecule has 2 aromatic rings. The second-order valence-electron chi connectivity index (χ2n) is 9.97. The number of nitrogens with zero attached hydrogens (tertiary/aromatic N) is 3. The molecule has 2 aliphatic heterocycles. The summed E-state index contributed by atoms with van der Waals surface area (Å²) in [7, 11) is 0. The first-order chi connectivity index (χ1) is 15.2. The van der Waals surface area contributed by atoms with E-state index in [1.165, 1.54) is 0 Å². The fourth-order valence-corrected chi connectivity index (χ4v) is 4.32. The molecule has 1 aromatic heterocycles. The topological polar surface area (TPSA) is 85.7 Å². The summed E-state index contributed by atoms with van der Waals surface area (Å²) in [6.45, 7) is 11.0. The van der Waals surface area contributed by atoms with Crippen LogP contribution >= 0.6 is 0 Å². The van der Waals surface area contributed by atoms with Crippen LogP contribution in [0.15, 0.2) is 18.3 Å². The highest BCUT2D eigenvalue weighted by Crippen LogP contribution is 2.24. The van der Waals surface area contributed by atoms with Gasteiger partial charge in [0.2, 0.25) is 0 Å². The molecule has 2 saturated heterocycles. The summed E-state index contributed by atoms with van der Waals surface area (Å²) in [4.78, 5) is 26.6. The third kappa shape index (κ3) is 5.23. The Hall–Kier alpha value is -2.61. The highest BCUT2D eigenvalue weighted by molar-refractivity contribution is 6.00. The quantitative estimate of drug-likeness (QED) is 0.766. The fraction of sp³-hybridized carbons (Fsp3) is 0.625. The monoisotopic (exact) mass is 442 g/mol. The van der Waals surface area contributed by atoms with Crippen molar-refractivity contribution in [3.63, 3.8) is 0 Å². The van der Waals surface area contributed by atoms with Crippen LogP contribution in [0, 0.1) is 12.8 Å². The van der Waals surface area contributed by atoms with Gasteiger partial charge in [-0.3, -0.25) is 9.48 Å². The molecule has 2 amide bonds. The smallest absolute Gasteiger partial charge is 0.410 e. The summed E-state index contributed by atoms with van der Waals surface area (Å²) in [5.41, 5.74) is 2.00. The van der Waals surface area contributed by atoms with E-state index in [-0.39, 0.29) is 18.1 Å². The first-order valence-corrected chi connectivity index (χ1v) is 11.5. The van der Waals surface area contributed by atoms with Crippen molar-refractivity contribution in [3.05, 3.63) is 29.5 Å².